The van der Waals surface area contributed by atoms with E-state index >= 15 is 0 Å². The molecule has 0 aliphatic heterocycles. The first-order valence-electron chi connectivity index (χ1n) is 9.67. The summed E-state index contributed by atoms with van der Waals surface area (Å²) in [6.07, 6.45) is 5.79. The fraction of sp³-hybridized carbons (Fsp3) is 0.619. The first-order chi connectivity index (χ1) is 12.2. The Kier molecular flexibility index (Phi) is 3.06. The van der Waals surface area contributed by atoms with E-state index in [2.05, 4.69) is 10.6 Å². The van der Waals surface area contributed by atoms with Crippen molar-refractivity contribution in [1.29, 1.82) is 0 Å². The van der Waals surface area contributed by atoms with Crippen molar-refractivity contribution in [3.05, 3.63) is 29.3 Å². The molecule has 3 bridgehead atoms. The van der Waals surface area contributed by atoms with Crippen molar-refractivity contribution in [3.63, 3.8) is 0 Å². The van der Waals surface area contributed by atoms with Gasteiger partial charge < -0.3 is 15.7 Å². The Hall–Kier alpha value is -1.88. The van der Waals surface area contributed by atoms with Crippen LogP contribution in [-0.2, 0) is 0 Å². The highest BCUT2D eigenvalue weighted by atomic mass is 16.3. The van der Waals surface area contributed by atoms with E-state index in [-0.39, 0.29) is 22.8 Å². The minimum Gasteiger partial charge on any atom is -0.390 e. The van der Waals surface area contributed by atoms with Gasteiger partial charge in [-0.1, -0.05) is 12.1 Å². The van der Waals surface area contributed by atoms with Crippen molar-refractivity contribution in [1.82, 2.24) is 5.32 Å². The molecule has 5 nitrogen and oxygen atoms in total. The predicted molar refractivity (Wildman–Crippen MR) is 98.1 cm³/mol. The highest BCUT2D eigenvalue weighted by Gasteiger charge is 2.78. The van der Waals surface area contributed by atoms with Crippen molar-refractivity contribution >= 4 is 17.5 Å². The van der Waals surface area contributed by atoms with Gasteiger partial charge >= 0.3 is 6.03 Å². The Morgan fingerprint density at radius 1 is 1.15 bits per heavy atom. The molecule has 5 heteroatoms. The molecule has 1 spiro atoms. The number of nitrogens with one attached hydrogen (secondary N) is 2. The van der Waals surface area contributed by atoms with Crippen molar-refractivity contribution in [2.75, 3.05) is 5.32 Å². The summed E-state index contributed by atoms with van der Waals surface area (Å²) in [5.74, 6) is 1.08. The third-order valence-electron chi connectivity index (χ3n) is 7.80. The number of rotatable bonds is 3. The zero-order valence-corrected chi connectivity index (χ0v) is 15.4. The molecule has 5 rings (SSSR count). The summed E-state index contributed by atoms with van der Waals surface area (Å²) >= 11 is 0. The summed E-state index contributed by atoms with van der Waals surface area (Å²) in [4.78, 5) is 24.4. The number of benzene rings is 1. The van der Waals surface area contributed by atoms with E-state index in [4.69, 9.17) is 0 Å². The second-order valence-corrected chi connectivity index (χ2v) is 9.39. The Morgan fingerprint density at radius 2 is 1.96 bits per heavy atom. The molecule has 4 aliphatic carbocycles. The number of hydrogen-bond acceptors (Lipinski definition) is 3. The Balaban J connectivity index is 1.36. The number of carbonyl (C=O) groups excluding carboxylic acids is 2. The van der Waals surface area contributed by atoms with Crippen LogP contribution in [0.15, 0.2) is 18.2 Å². The molecule has 5 atom stereocenters. The third-order valence-corrected chi connectivity index (χ3v) is 7.80. The van der Waals surface area contributed by atoms with Crippen LogP contribution in [0.2, 0.25) is 0 Å². The van der Waals surface area contributed by atoms with Crippen molar-refractivity contribution < 1.29 is 14.7 Å². The molecule has 26 heavy (non-hydrogen) atoms. The Labute approximate surface area is 153 Å². The van der Waals surface area contributed by atoms with E-state index in [0.29, 0.717) is 23.1 Å². The average molecular weight is 354 g/mol. The van der Waals surface area contributed by atoms with Gasteiger partial charge in [-0.3, -0.25) is 4.79 Å². The van der Waals surface area contributed by atoms with Crippen LogP contribution in [0.25, 0.3) is 0 Å². The van der Waals surface area contributed by atoms with Gasteiger partial charge in [0.15, 0.2) is 5.78 Å². The summed E-state index contributed by atoms with van der Waals surface area (Å²) in [6, 6.07) is 5.21. The Bertz CT molecular complexity index is 833. The van der Waals surface area contributed by atoms with Crippen LogP contribution in [0.3, 0.4) is 0 Å². The number of aliphatic hydroxyl groups is 1. The monoisotopic (exact) mass is 354 g/mol. The number of hydrogen-bond donors (Lipinski definition) is 3. The number of urea groups is 1. The average Bonchev–Trinajstić information content (AvgIpc) is 2.82. The number of ketones is 1. The summed E-state index contributed by atoms with van der Waals surface area (Å²) in [5, 5.41) is 17.1. The highest BCUT2D eigenvalue weighted by molar-refractivity contribution is 5.97. The van der Waals surface area contributed by atoms with Gasteiger partial charge in [0.25, 0.3) is 0 Å². The fourth-order valence-corrected chi connectivity index (χ4v) is 6.99. The standard InChI is InChI=1S/C21H26N2O3/c1-12-3-4-15(13(2)24)5-17(12)22-18(25)23-21-8-14-6-19(26)9-16(10-21)20(21,7-14)11-19/h3-5,14,16,26H,6-11H2,1-2H3,(H2,22,23,25). The molecular formula is C21H26N2O3. The smallest absolute Gasteiger partial charge is 0.319 e. The van der Waals surface area contributed by atoms with Crippen LogP contribution in [-0.4, -0.2) is 28.1 Å². The van der Waals surface area contributed by atoms with Crippen molar-refractivity contribution in [2.45, 2.75) is 63.5 Å². The second kappa shape index (κ2) is 4.89. The van der Waals surface area contributed by atoms with Crippen LogP contribution in [0.1, 0.15) is 61.4 Å². The van der Waals surface area contributed by atoms with Gasteiger partial charge in [-0.2, -0.15) is 0 Å². The van der Waals surface area contributed by atoms with Gasteiger partial charge in [0.05, 0.1) is 5.60 Å². The number of amides is 2. The van der Waals surface area contributed by atoms with E-state index in [0.717, 1.165) is 44.1 Å². The lowest BCUT2D eigenvalue weighted by Crippen LogP contribution is -2.67. The van der Waals surface area contributed by atoms with Crippen LogP contribution < -0.4 is 10.6 Å². The number of anilines is 1. The third kappa shape index (κ3) is 2.01. The number of aryl methyl sites for hydroxylation is 1. The molecule has 5 unspecified atom stereocenters. The minimum atomic E-state index is -0.490. The summed E-state index contributed by atoms with van der Waals surface area (Å²) in [5.41, 5.74) is 1.69. The molecule has 4 aliphatic rings. The maximum atomic E-state index is 12.8. The van der Waals surface area contributed by atoms with E-state index in [1.54, 1.807) is 12.1 Å². The van der Waals surface area contributed by atoms with Crippen molar-refractivity contribution in [2.24, 2.45) is 17.3 Å². The summed E-state index contributed by atoms with van der Waals surface area (Å²) in [6.45, 7) is 3.46. The lowest BCUT2D eigenvalue weighted by molar-refractivity contribution is -0.0541. The Morgan fingerprint density at radius 3 is 2.73 bits per heavy atom. The summed E-state index contributed by atoms with van der Waals surface area (Å²) < 4.78 is 0. The topological polar surface area (TPSA) is 78.4 Å². The van der Waals surface area contributed by atoms with Crippen LogP contribution >= 0.6 is 0 Å². The molecule has 0 aromatic heterocycles. The molecule has 0 saturated heterocycles. The molecular weight excluding hydrogens is 328 g/mol. The maximum Gasteiger partial charge on any atom is 0.319 e. The van der Waals surface area contributed by atoms with Crippen LogP contribution in [0.5, 0.6) is 0 Å². The van der Waals surface area contributed by atoms with E-state index in [1.165, 1.54) is 6.92 Å². The molecule has 4 saturated carbocycles. The lowest BCUT2D eigenvalue weighted by Gasteiger charge is -2.58. The zero-order valence-electron chi connectivity index (χ0n) is 15.4. The minimum absolute atomic E-state index is 0.0115. The molecule has 138 valence electrons. The van der Waals surface area contributed by atoms with Crippen LogP contribution in [0, 0.1) is 24.2 Å². The lowest BCUT2D eigenvalue weighted by atomic mass is 9.51. The highest BCUT2D eigenvalue weighted by Crippen LogP contribution is 2.77. The molecule has 4 fully saturated rings. The molecule has 0 heterocycles. The number of carbonyl (C=O) groups is 2. The van der Waals surface area contributed by atoms with E-state index < -0.39 is 5.60 Å². The van der Waals surface area contributed by atoms with Gasteiger partial charge in [0, 0.05) is 16.8 Å². The largest absolute Gasteiger partial charge is 0.390 e. The van der Waals surface area contributed by atoms with Crippen LogP contribution in [0.4, 0.5) is 10.5 Å². The van der Waals surface area contributed by atoms with E-state index in [1.807, 2.05) is 13.0 Å². The van der Waals surface area contributed by atoms with Gasteiger partial charge in [0.2, 0.25) is 0 Å². The molecule has 0 radical (unpaired) electrons. The van der Waals surface area contributed by atoms with Gasteiger partial charge in [-0.05, 0) is 81.3 Å². The first-order valence-corrected chi connectivity index (χ1v) is 9.67. The fourth-order valence-electron chi connectivity index (χ4n) is 6.99. The zero-order chi connectivity index (χ0) is 18.3. The van der Waals surface area contributed by atoms with Gasteiger partial charge in [-0.25, -0.2) is 4.79 Å². The SMILES string of the molecule is CC(=O)c1ccc(C)c(NC(=O)NC23CC4CC5(O)CC(C2)C3(C4)C5)c1. The molecule has 1 aromatic rings. The van der Waals surface area contributed by atoms with Crippen molar-refractivity contribution in [3.8, 4) is 0 Å². The quantitative estimate of drug-likeness (QED) is 0.728. The normalized spacial score (nSPS) is 41.5. The number of fused-ring (bicyclic) bond motifs is 2. The first kappa shape index (κ1) is 16.3. The predicted octanol–water partition coefficient (Wildman–Crippen LogP) is 3.40. The van der Waals surface area contributed by atoms with Gasteiger partial charge in [-0.15, -0.1) is 0 Å². The molecule has 3 N–H and O–H groups in total. The number of Topliss-reactive ketones (excluding diaryl/α,β-unsaturated/α-hetero) is 1. The summed E-state index contributed by atoms with van der Waals surface area (Å²) in [7, 11) is 0. The van der Waals surface area contributed by atoms with Gasteiger partial charge in [0.1, 0.15) is 0 Å². The molecule has 1 aromatic carbocycles. The second-order valence-electron chi connectivity index (χ2n) is 9.39. The van der Waals surface area contributed by atoms with E-state index in [9.17, 15) is 14.7 Å². The maximum absolute atomic E-state index is 12.8. The molecule has 2 amide bonds.